The van der Waals surface area contributed by atoms with Gasteiger partial charge in [0.1, 0.15) is 0 Å². The van der Waals surface area contributed by atoms with E-state index in [2.05, 4.69) is 0 Å². The van der Waals surface area contributed by atoms with Gasteiger partial charge in [0.05, 0.1) is 11.3 Å². The van der Waals surface area contributed by atoms with Gasteiger partial charge in [0.15, 0.2) is 6.23 Å². The summed E-state index contributed by atoms with van der Waals surface area (Å²) in [6.07, 6.45) is 0.506. The fourth-order valence-corrected chi connectivity index (χ4v) is 2.29. The van der Waals surface area contributed by atoms with Crippen LogP contribution in [0, 0.1) is 0 Å². The molecule has 0 N–H and O–H groups in total. The predicted octanol–water partition coefficient (Wildman–Crippen LogP) is 1.96. The molecule has 0 radical (unpaired) electrons. The predicted molar refractivity (Wildman–Crippen MR) is 57.4 cm³/mol. The number of rotatable bonds is 0. The Balaban J connectivity index is 2.19. The summed E-state index contributed by atoms with van der Waals surface area (Å²) in [7, 11) is 0. The molecule has 1 aromatic rings. The number of nitrogens with zero attached hydrogens (tertiary/aromatic N) is 1. The number of carbonyl (C=O) groups is 2. The lowest BCUT2D eigenvalue weighted by molar-refractivity contribution is -0.117. The maximum absolute atomic E-state index is 11.7. The van der Waals surface area contributed by atoms with Gasteiger partial charge in [-0.15, -0.1) is 0 Å². The minimum Gasteiger partial charge on any atom is -0.437 e. The van der Waals surface area contributed by atoms with Gasteiger partial charge in [-0.25, -0.2) is 4.79 Å². The van der Waals surface area contributed by atoms with Gasteiger partial charge in [-0.05, 0) is 18.2 Å². The van der Waals surface area contributed by atoms with Gasteiger partial charge in [-0.1, -0.05) is 11.6 Å². The van der Waals surface area contributed by atoms with E-state index in [-0.39, 0.29) is 11.9 Å². The van der Waals surface area contributed by atoms with Crippen LogP contribution in [-0.2, 0) is 9.53 Å². The first-order valence-electron chi connectivity index (χ1n) is 4.99. The highest BCUT2D eigenvalue weighted by Gasteiger charge is 2.41. The Labute approximate surface area is 96.7 Å². The van der Waals surface area contributed by atoms with Crippen LogP contribution in [0.2, 0.25) is 5.02 Å². The van der Waals surface area contributed by atoms with Crippen molar-refractivity contribution >= 4 is 29.2 Å². The fraction of sp³-hybridized carbons (Fsp3) is 0.273. The lowest BCUT2D eigenvalue weighted by Gasteiger charge is -2.30. The molecule has 0 spiro atoms. The highest BCUT2D eigenvalue weighted by Crippen LogP contribution is 2.36. The Morgan fingerprint density at radius 2 is 2.19 bits per heavy atom. The maximum atomic E-state index is 11.7. The maximum Gasteiger partial charge on any atom is 0.342 e. The quantitative estimate of drug-likeness (QED) is 0.648. The number of hydrogen-bond donors (Lipinski definition) is 0. The minimum atomic E-state index is -0.453. The van der Waals surface area contributed by atoms with Gasteiger partial charge >= 0.3 is 5.97 Å². The van der Waals surface area contributed by atoms with Crippen LogP contribution in [0.4, 0.5) is 5.69 Å². The molecule has 1 saturated heterocycles. The smallest absolute Gasteiger partial charge is 0.342 e. The monoisotopic (exact) mass is 237 g/mol. The average Bonchev–Trinajstić information content (AvgIpc) is 2.60. The topological polar surface area (TPSA) is 46.6 Å². The Morgan fingerprint density at radius 1 is 1.38 bits per heavy atom. The number of carbonyl (C=O) groups excluding carboxylic acids is 2. The van der Waals surface area contributed by atoms with Crippen molar-refractivity contribution in [2.75, 3.05) is 4.90 Å². The van der Waals surface area contributed by atoms with E-state index in [1.165, 1.54) is 4.90 Å². The van der Waals surface area contributed by atoms with Crippen molar-refractivity contribution in [3.8, 4) is 0 Å². The molecule has 1 amide bonds. The second kappa shape index (κ2) is 3.22. The summed E-state index contributed by atoms with van der Waals surface area (Å²) in [4.78, 5) is 24.8. The Kier molecular flexibility index (Phi) is 1.94. The molecule has 3 rings (SSSR count). The summed E-state index contributed by atoms with van der Waals surface area (Å²) in [5.41, 5.74) is 0.965. The fourth-order valence-electron chi connectivity index (χ4n) is 2.12. The number of fused-ring (bicyclic) bond motifs is 3. The first kappa shape index (κ1) is 9.66. The van der Waals surface area contributed by atoms with E-state index in [0.717, 1.165) is 0 Å². The molecule has 0 aliphatic carbocycles. The summed E-state index contributed by atoms with van der Waals surface area (Å²) >= 11 is 5.87. The molecule has 82 valence electrons. The van der Waals surface area contributed by atoms with Crippen molar-refractivity contribution in [3.05, 3.63) is 28.8 Å². The van der Waals surface area contributed by atoms with Crippen LogP contribution in [0.3, 0.4) is 0 Å². The molecule has 2 heterocycles. The van der Waals surface area contributed by atoms with E-state index in [0.29, 0.717) is 29.1 Å². The van der Waals surface area contributed by atoms with Gasteiger partial charge in [0.25, 0.3) is 0 Å². The highest BCUT2D eigenvalue weighted by molar-refractivity contribution is 6.31. The van der Waals surface area contributed by atoms with Crippen molar-refractivity contribution < 1.29 is 14.3 Å². The van der Waals surface area contributed by atoms with E-state index in [4.69, 9.17) is 16.3 Å². The molecule has 1 aromatic carbocycles. The van der Waals surface area contributed by atoms with Gasteiger partial charge in [-0.2, -0.15) is 0 Å². The Morgan fingerprint density at radius 3 is 3.00 bits per heavy atom. The Bertz CT molecular complexity index is 500. The first-order valence-corrected chi connectivity index (χ1v) is 5.37. The van der Waals surface area contributed by atoms with Crippen LogP contribution in [0.1, 0.15) is 23.2 Å². The van der Waals surface area contributed by atoms with E-state index in [1.807, 2.05) is 0 Å². The second-order valence-electron chi connectivity index (χ2n) is 3.82. The molecule has 1 atom stereocenters. The number of esters is 1. The van der Waals surface area contributed by atoms with Crippen LogP contribution in [-0.4, -0.2) is 18.1 Å². The molecule has 1 fully saturated rings. The van der Waals surface area contributed by atoms with Crippen molar-refractivity contribution in [2.24, 2.45) is 0 Å². The van der Waals surface area contributed by atoms with Crippen LogP contribution >= 0.6 is 11.6 Å². The Hall–Kier alpha value is -1.55. The molecule has 0 saturated carbocycles. The molecular formula is C11H8ClNO3. The van der Waals surface area contributed by atoms with E-state index in [9.17, 15) is 9.59 Å². The summed E-state index contributed by atoms with van der Waals surface area (Å²) in [6, 6.07) is 4.83. The minimum absolute atomic E-state index is 0.0268. The van der Waals surface area contributed by atoms with Crippen LogP contribution < -0.4 is 4.90 Å². The molecule has 16 heavy (non-hydrogen) atoms. The van der Waals surface area contributed by atoms with Crippen molar-refractivity contribution in [1.82, 2.24) is 0 Å². The highest BCUT2D eigenvalue weighted by atomic mass is 35.5. The summed E-state index contributed by atoms with van der Waals surface area (Å²) in [5.74, 6) is -0.413. The number of anilines is 1. The number of amides is 1. The number of ether oxygens (including phenoxy) is 1. The molecule has 2 aliphatic heterocycles. The lowest BCUT2D eigenvalue weighted by atomic mass is 10.1. The van der Waals surface area contributed by atoms with Crippen molar-refractivity contribution in [3.63, 3.8) is 0 Å². The molecular weight excluding hydrogens is 230 g/mol. The van der Waals surface area contributed by atoms with E-state index < -0.39 is 6.23 Å². The summed E-state index contributed by atoms with van der Waals surface area (Å²) < 4.78 is 5.17. The molecule has 0 aromatic heterocycles. The zero-order chi connectivity index (χ0) is 11.3. The lowest BCUT2D eigenvalue weighted by Crippen LogP contribution is -2.41. The largest absolute Gasteiger partial charge is 0.437 e. The number of benzene rings is 1. The normalized spacial score (nSPS) is 22.8. The summed E-state index contributed by atoms with van der Waals surface area (Å²) in [6.45, 7) is 0. The second-order valence-corrected chi connectivity index (χ2v) is 4.26. The third kappa shape index (κ3) is 1.23. The van der Waals surface area contributed by atoms with Gasteiger partial charge < -0.3 is 4.74 Å². The zero-order valence-corrected chi connectivity index (χ0v) is 9.03. The first-order chi connectivity index (χ1) is 7.66. The molecule has 5 heteroatoms. The van der Waals surface area contributed by atoms with Crippen LogP contribution in [0.15, 0.2) is 18.2 Å². The summed E-state index contributed by atoms with van der Waals surface area (Å²) in [5, 5.41) is 0.506. The number of halogens is 1. The molecule has 4 nitrogen and oxygen atoms in total. The van der Waals surface area contributed by atoms with E-state index in [1.54, 1.807) is 18.2 Å². The average molecular weight is 238 g/mol. The van der Waals surface area contributed by atoms with Crippen molar-refractivity contribution in [1.29, 1.82) is 0 Å². The van der Waals surface area contributed by atoms with Gasteiger partial charge in [-0.3, -0.25) is 9.69 Å². The third-order valence-electron chi connectivity index (χ3n) is 2.84. The van der Waals surface area contributed by atoms with Gasteiger partial charge in [0.2, 0.25) is 5.91 Å². The molecule has 1 unspecified atom stereocenters. The van der Waals surface area contributed by atoms with Crippen LogP contribution in [0.25, 0.3) is 0 Å². The number of hydrogen-bond acceptors (Lipinski definition) is 3. The molecule has 2 aliphatic rings. The standard InChI is InChI=1S/C11H8ClNO3/c12-6-1-2-7-8(5-6)13-9(14)3-4-10(13)16-11(7)15/h1-2,5,10H,3-4H2. The van der Waals surface area contributed by atoms with Crippen LogP contribution in [0.5, 0.6) is 0 Å². The van der Waals surface area contributed by atoms with E-state index >= 15 is 0 Å². The van der Waals surface area contributed by atoms with Gasteiger partial charge in [0, 0.05) is 17.9 Å². The van der Waals surface area contributed by atoms with Crippen molar-refractivity contribution in [2.45, 2.75) is 19.1 Å². The SMILES string of the molecule is O=C1OC2CCC(=O)N2c2cc(Cl)ccc21. The zero-order valence-electron chi connectivity index (χ0n) is 8.27. The third-order valence-corrected chi connectivity index (χ3v) is 3.08. The molecule has 0 bridgehead atoms.